The van der Waals surface area contributed by atoms with Gasteiger partial charge in [0.15, 0.2) is 0 Å². The molecule has 0 N–H and O–H groups in total. The first-order valence-electron chi connectivity index (χ1n) is 9.72. The summed E-state index contributed by atoms with van der Waals surface area (Å²) in [5, 5.41) is 0. The fraction of sp³-hybridized carbons (Fsp3) is 1.00. The number of methoxy groups -OCH3 is 1. The molecule has 0 aliphatic heterocycles. The van der Waals surface area contributed by atoms with Crippen molar-refractivity contribution in [3.63, 3.8) is 0 Å². The molecular formula is C19H40O7. The van der Waals surface area contributed by atoms with Crippen molar-refractivity contribution >= 4 is 0 Å². The van der Waals surface area contributed by atoms with E-state index in [4.69, 9.17) is 33.2 Å². The monoisotopic (exact) mass is 380 g/mol. The van der Waals surface area contributed by atoms with Crippen LogP contribution in [0.1, 0.15) is 26.7 Å². The highest BCUT2D eigenvalue weighted by atomic mass is 16.6. The summed E-state index contributed by atoms with van der Waals surface area (Å²) in [4.78, 5) is 0. The summed E-state index contributed by atoms with van der Waals surface area (Å²) in [5.41, 5.74) is 0. The number of hydrogen-bond donors (Lipinski definition) is 0. The zero-order chi connectivity index (χ0) is 19.1. The van der Waals surface area contributed by atoms with Crippen molar-refractivity contribution in [1.82, 2.24) is 0 Å². The molecule has 0 saturated carbocycles. The van der Waals surface area contributed by atoms with E-state index in [1.807, 2.05) is 0 Å². The van der Waals surface area contributed by atoms with Crippen LogP contribution in [0, 0.1) is 5.92 Å². The molecule has 0 spiro atoms. The van der Waals surface area contributed by atoms with Gasteiger partial charge < -0.3 is 33.2 Å². The van der Waals surface area contributed by atoms with Gasteiger partial charge in [-0.2, -0.15) is 0 Å². The first-order valence-corrected chi connectivity index (χ1v) is 9.72. The standard InChI is InChI=1S/C19H40O7/c1-19(2)5-8-23-13-16-25-14-11-21-6-4-7-22-12-15-26-18-17-24-10-9-20-3/h19H,4-18H2,1-3H3. The van der Waals surface area contributed by atoms with Gasteiger partial charge in [-0.25, -0.2) is 0 Å². The summed E-state index contributed by atoms with van der Waals surface area (Å²) in [6.45, 7) is 12.6. The molecule has 7 nitrogen and oxygen atoms in total. The third-order valence-corrected chi connectivity index (χ3v) is 3.34. The summed E-state index contributed by atoms with van der Waals surface area (Å²) in [6, 6.07) is 0. The topological polar surface area (TPSA) is 64.6 Å². The van der Waals surface area contributed by atoms with Crippen molar-refractivity contribution in [3.8, 4) is 0 Å². The smallest absolute Gasteiger partial charge is 0.0701 e. The van der Waals surface area contributed by atoms with Crippen LogP contribution in [0.3, 0.4) is 0 Å². The zero-order valence-corrected chi connectivity index (χ0v) is 17.0. The van der Waals surface area contributed by atoms with Crippen LogP contribution in [-0.4, -0.2) is 93.0 Å². The minimum Gasteiger partial charge on any atom is -0.382 e. The van der Waals surface area contributed by atoms with E-state index in [0.29, 0.717) is 85.2 Å². The van der Waals surface area contributed by atoms with Crippen molar-refractivity contribution < 1.29 is 33.2 Å². The number of rotatable bonds is 22. The Hall–Kier alpha value is -0.280. The predicted molar refractivity (Wildman–Crippen MR) is 101 cm³/mol. The van der Waals surface area contributed by atoms with E-state index in [-0.39, 0.29) is 0 Å². The molecule has 0 unspecified atom stereocenters. The average molecular weight is 381 g/mol. The Balaban J connectivity index is 2.97. The van der Waals surface area contributed by atoms with Crippen LogP contribution >= 0.6 is 0 Å². The highest BCUT2D eigenvalue weighted by Crippen LogP contribution is 1.98. The number of hydrogen-bond acceptors (Lipinski definition) is 7. The van der Waals surface area contributed by atoms with Crippen LogP contribution in [0.4, 0.5) is 0 Å². The fourth-order valence-corrected chi connectivity index (χ4v) is 1.81. The second kappa shape index (κ2) is 22.8. The van der Waals surface area contributed by atoms with E-state index in [9.17, 15) is 0 Å². The summed E-state index contributed by atoms with van der Waals surface area (Å²) < 4.78 is 37.4. The first-order chi connectivity index (χ1) is 12.8. The lowest BCUT2D eigenvalue weighted by atomic mass is 10.1. The lowest BCUT2D eigenvalue weighted by molar-refractivity contribution is -0.00482. The van der Waals surface area contributed by atoms with Gasteiger partial charge in [-0.05, 0) is 18.8 Å². The molecule has 0 aromatic heterocycles. The van der Waals surface area contributed by atoms with Crippen LogP contribution in [0.2, 0.25) is 0 Å². The van der Waals surface area contributed by atoms with Gasteiger partial charge in [0.05, 0.1) is 66.1 Å². The Labute approximate surface area is 159 Å². The zero-order valence-electron chi connectivity index (χ0n) is 17.0. The van der Waals surface area contributed by atoms with E-state index in [0.717, 1.165) is 19.4 Å². The van der Waals surface area contributed by atoms with Gasteiger partial charge >= 0.3 is 0 Å². The quantitative estimate of drug-likeness (QED) is 0.267. The minimum atomic E-state index is 0.582. The molecule has 0 fully saturated rings. The Kier molecular flexibility index (Phi) is 22.5. The summed E-state index contributed by atoms with van der Waals surface area (Å²) >= 11 is 0. The van der Waals surface area contributed by atoms with E-state index < -0.39 is 0 Å². The van der Waals surface area contributed by atoms with E-state index in [2.05, 4.69) is 13.8 Å². The van der Waals surface area contributed by atoms with E-state index in [1.165, 1.54) is 0 Å². The Bertz CT molecular complexity index is 252. The van der Waals surface area contributed by atoms with Crippen LogP contribution in [0.15, 0.2) is 0 Å². The summed E-state index contributed by atoms with van der Waals surface area (Å²) in [7, 11) is 1.65. The predicted octanol–water partition coefficient (Wildman–Crippen LogP) is 2.17. The van der Waals surface area contributed by atoms with Gasteiger partial charge in [-0.1, -0.05) is 13.8 Å². The van der Waals surface area contributed by atoms with E-state index in [1.54, 1.807) is 7.11 Å². The second-order valence-corrected chi connectivity index (χ2v) is 6.20. The van der Waals surface area contributed by atoms with Crippen molar-refractivity contribution in [2.45, 2.75) is 26.7 Å². The molecule has 0 aliphatic rings. The molecule has 26 heavy (non-hydrogen) atoms. The van der Waals surface area contributed by atoms with Gasteiger partial charge in [0.2, 0.25) is 0 Å². The lowest BCUT2D eigenvalue weighted by Crippen LogP contribution is -2.13. The largest absolute Gasteiger partial charge is 0.382 e. The van der Waals surface area contributed by atoms with Gasteiger partial charge in [0.25, 0.3) is 0 Å². The van der Waals surface area contributed by atoms with Crippen LogP contribution in [0.5, 0.6) is 0 Å². The molecule has 0 radical (unpaired) electrons. The van der Waals surface area contributed by atoms with Crippen LogP contribution in [0.25, 0.3) is 0 Å². The van der Waals surface area contributed by atoms with Crippen LogP contribution in [-0.2, 0) is 33.2 Å². The molecule has 0 atom stereocenters. The Morgan fingerprint density at radius 1 is 0.462 bits per heavy atom. The van der Waals surface area contributed by atoms with Gasteiger partial charge in [-0.15, -0.1) is 0 Å². The van der Waals surface area contributed by atoms with Gasteiger partial charge in [-0.3, -0.25) is 0 Å². The normalized spacial score (nSPS) is 11.5. The summed E-state index contributed by atoms with van der Waals surface area (Å²) in [5.74, 6) is 0.687. The maximum atomic E-state index is 5.48. The molecule has 0 rings (SSSR count). The van der Waals surface area contributed by atoms with Crippen LogP contribution < -0.4 is 0 Å². The summed E-state index contributed by atoms with van der Waals surface area (Å²) in [6.07, 6.45) is 1.97. The Morgan fingerprint density at radius 3 is 1.19 bits per heavy atom. The highest BCUT2D eigenvalue weighted by molar-refractivity contribution is 4.43. The SMILES string of the molecule is COCCOCCOCCOCCCOCCOCCOCCC(C)C. The van der Waals surface area contributed by atoms with E-state index >= 15 is 0 Å². The molecule has 158 valence electrons. The number of ether oxygens (including phenoxy) is 7. The Morgan fingerprint density at radius 2 is 0.808 bits per heavy atom. The van der Waals surface area contributed by atoms with Gasteiger partial charge in [0.1, 0.15) is 0 Å². The minimum absolute atomic E-state index is 0.582. The molecule has 0 aromatic carbocycles. The molecule has 0 amide bonds. The maximum absolute atomic E-state index is 5.48. The molecule has 0 bridgehead atoms. The molecular weight excluding hydrogens is 340 g/mol. The highest BCUT2D eigenvalue weighted by Gasteiger charge is 1.95. The van der Waals surface area contributed by atoms with Crippen molar-refractivity contribution in [3.05, 3.63) is 0 Å². The third-order valence-electron chi connectivity index (χ3n) is 3.34. The molecule has 0 aromatic rings. The third kappa shape index (κ3) is 23.7. The molecule has 0 heterocycles. The fourth-order valence-electron chi connectivity index (χ4n) is 1.81. The molecule has 0 aliphatic carbocycles. The molecule has 7 heteroatoms. The first kappa shape index (κ1) is 25.7. The second-order valence-electron chi connectivity index (χ2n) is 6.20. The van der Waals surface area contributed by atoms with Crippen molar-refractivity contribution in [2.75, 3.05) is 93.0 Å². The van der Waals surface area contributed by atoms with Gasteiger partial charge in [0, 0.05) is 26.9 Å². The maximum Gasteiger partial charge on any atom is 0.0701 e. The lowest BCUT2D eigenvalue weighted by Gasteiger charge is -2.08. The average Bonchev–Trinajstić information content (AvgIpc) is 2.62. The van der Waals surface area contributed by atoms with Crippen molar-refractivity contribution in [2.24, 2.45) is 5.92 Å². The van der Waals surface area contributed by atoms with Crippen molar-refractivity contribution in [1.29, 1.82) is 0 Å². The molecule has 0 saturated heterocycles.